The number of hydrogen-bond acceptors (Lipinski definition) is 4. The van der Waals surface area contributed by atoms with Gasteiger partial charge in [-0.2, -0.15) is 0 Å². The van der Waals surface area contributed by atoms with Crippen LogP contribution in [0.1, 0.15) is 0 Å². The molecule has 0 aliphatic carbocycles. The Morgan fingerprint density at radius 2 is 1.86 bits per heavy atom. The van der Waals surface area contributed by atoms with E-state index >= 15 is 0 Å². The van der Waals surface area contributed by atoms with Crippen LogP contribution < -0.4 is 4.89 Å². The third kappa shape index (κ3) is 5.91. The van der Waals surface area contributed by atoms with Crippen molar-refractivity contribution < 1.29 is 18.9 Å². The maximum atomic E-state index is 11.3. The van der Waals surface area contributed by atoms with Gasteiger partial charge in [0.15, 0.2) is 0 Å². The quantitative estimate of drug-likeness (QED) is 0.356. The Bertz CT molecular complexity index is 85.6. The van der Waals surface area contributed by atoms with Crippen LogP contribution in [0.2, 0.25) is 0 Å². The van der Waals surface area contributed by atoms with E-state index in [9.17, 15) is 9.09 Å². The van der Waals surface area contributed by atoms with Crippen molar-refractivity contribution >= 4 is 14.5 Å². The molecular weight excluding hydrogens is 124 g/mol. The van der Waals surface area contributed by atoms with E-state index in [-0.39, 0.29) is 0 Å². The van der Waals surface area contributed by atoms with Crippen LogP contribution in [0.15, 0.2) is 4.76 Å². The van der Waals surface area contributed by atoms with Crippen molar-refractivity contribution in [2.24, 2.45) is 4.76 Å². The summed E-state index contributed by atoms with van der Waals surface area (Å²) in [7, 11) is -6.31. The predicted molar refractivity (Wildman–Crippen MR) is 22.0 cm³/mol. The zero-order valence-corrected chi connectivity index (χ0v) is 4.18. The standard InChI is InChI=1S/CH4FNO3P/c1-3-7(2,4,5)6/h4-5H,1H2/q-1. The molecule has 7 heavy (non-hydrogen) atoms. The van der Waals surface area contributed by atoms with Crippen molar-refractivity contribution in [2.45, 2.75) is 0 Å². The summed E-state index contributed by atoms with van der Waals surface area (Å²) in [5.74, 6) is 0. The van der Waals surface area contributed by atoms with Gasteiger partial charge in [-0.05, 0) is 0 Å². The van der Waals surface area contributed by atoms with Crippen molar-refractivity contribution in [1.29, 1.82) is 0 Å². The molecule has 0 aromatic carbocycles. The first-order valence-corrected chi connectivity index (χ1v) is 3.17. The fourth-order valence-electron chi connectivity index (χ4n) is 0. The summed E-state index contributed by atoms with van der Waals surface area (Å²) < 4.78 is 13.2. The zero-order valence-electron chi connectivity index (χ0n) is 3.28. The van der Waals surface area contributed by atoms with Gasteiger partial charge >= 0.3 is 38.1 Å². The summed E-state index contributed by atoms with van der Waals surface area (Å²) in [5.41, 5.74) is 0. The summed E-state index contributed by atoms with van der Waals surface area (Å²) in [6, 6.07) is 0. The van der Waals surface area contributed by atoms with E-state index in [1.54, 1.807) is 0 Å². The average Bonchev–Trinajstić information content (AvgIpc) is 1.32. The third-order valence-electron chi connectivity index (χ3n) is 0.238. The Hall–Kier alpha value is -0.0900. The molecule has 0 atom stereocenters. The van der Waals surface area contributed by atoms with Gasteiger partial charge in [0.25, 0.3) is 0 Å². The second-order valence-corrected chi connectivity index (χ2v) is 2.85. The van der Waals surface area contributed by atoms with E-state index in [0.29, 0.717) is 0 Å². The first kappa shape index (κ1) is 6.91. The molecule has 0 radical (unpaired) electrons. The maximum absolute atomic E-state index is 11.3. The van der Waals surface area contributed by atoms with Gasteiger partial charge in [-0.25, -0.2) is 0 Å². The van der Waals surface area contributed by atoms with Gasteiger partial charge in [0.1, 0.15) is 0 Å². The second-order valence-electron chi connectivity index (χ2n) is 0.950. The molecule has 0 saturated heterocycles. The van der Waals surface area contributed by atoms with E-state index in [0.717, 1.165) is 0 Å². The van der Waals surface area contributed by atoms with Gasteiger partial charge in [0.2, 0.25) is 0 Å². The molecule has 0 amide bonds. The third-order valence-corrected chi connectivity index (χ3v) is 0.713. The minimum absolute atomic E-state index is 1.92. The molecule has 0 unspecified atom stereocenters. The van der Waals surface area contributed by atoms with E-state index in [2.05, 4.69) is 6.72 Å². The molecule has 0 rings (SSSR count). The first-order valence-electron chi connectivity index (χ1n) is 1.27. The molecule has 2 N–H and O–H groups in total. The summed E-state index contributed by atoms with van der Waals surface area (Å²) in [5, 5.41) is 0. The van der Waals surface area contributed by atoms with Crippen molar-refractivity contribution in [1.82, 2.24) is 0 Å². The molecule has 0 saturated carbocycles. The Kier molecular flexibility index (Phi) is 1.18. The fourth-order valence-corrected chi connectivity index (χ4v) is 0. The Labute approximate surface area is 39.3 Å². The van der Waals surface area contributed by atoms with Crippen molar-refractivity contribution in [3.05, 3.63) is 0 Å². The molecule has 0 aliphatic heterocycles. The second kappa shape index (κ2) is 1.20. The van der Waals surface area contributed by atoms with Crippen molar-refractivity contribution in [2.75, 3.05) is 0 Å². The summed E-state index contributed by atoms with van der Waals surface area (Å²) in [6.45, 7) is 2.32. The molecule has 4 nitrogen and oxygen atoms in total. The van der Waals surface area contributed by atoms with E-state index in [1.165, 1.54) is 0 Å². The molecule has 0 bridgehead atoms. The van der Waals surface area contributed by atoms with Crippen LogP contribution in [0.25, 0.3) is 0 Å². The molecule has 44 valence electrons. The van der Waals surface area contributed by atoms with Crippen LogP contribution in [0.5, 0.6) is 0 Å². The van der Waals surface area contributed by atoms with Crippen LogP contribution in [0, 0.1) is 0 Å². The molecule has 0 spiro atoms. The van der Waals surface area contributed by atoms with Gasteiger partial charge in [-0.15, -0.1) is 0 Å². The van der Waals surface area contributed by atoms with Crippen LogP contribution in [-0.2, 0) is 0 Å². The SMILES string of the molecule is C=NP([O-])(O)(O)F. The first-order chi connectivity index (χ1) is 2.81. The van der Waals surface area contributed by atoms with Gasteiger partial charge in [-0.1, -0.05) is 0 Å². The van der Waals surface area contributed by atoms with Crippen LogP contribution >= 0.6 is 7.75 Å². The fraction of sp³-hybridized carbons (Fsp3) is 0. The van der Waals surface area contributed by atoms with Crippen LogP contribution in [-0.4, -0.2) is 16.5 Å². The molecule has 0 heterocycles. The Morgan fingerprint density at radius 3 is 1.86 bits per heavy atom. The van der Waals surface area contributed by atoms with Crippen molar-refractivity contribution in [3.63, 3.8) is 0 Å². The minimum atomic E-state index is -6.31. The summed E-state index contributed by atoms with van der Waals surface area (Å²) >= 11 is 0. The normalized spacial score (nSPS) is 17.4. The summed E-state index contributed by atoms with van der Waals surface area (Å²) in [4.78, 5) is 24.4. The molecule has 0 aromatic rings. The zero-order chi connectivity index (χ0) is 6.15. The molecule has 6 heteroatoms. The Balaban J connectivity index is 4.10. The number of nitrogens with zero attached hydrogens (tertiary/aromatic N) is 1. The van der Waals surface area contributed by atoms with Crippen LogP contribution in [0.3, 0.4) is 0 Å². The topological polar surface area (TPSA) is 75.9 Å². The van der Waals surface area contributed by atoms with Gasteiger partial charge in [0, 0.05) is 0 Å². The number of halogens is 1. The average molecular weight is 128 g/mol. The van der Waals surface area contributed by atoms with Gasteiger partial charge in [-0.3, -0.25) is 0 Å². The molecule has 0 aromatic heterocycles. The molecule has 0 aliphatic rings. The molecule has 0 fully saturated rings. The summed E-state index contributed by atoms with van der Waals surface area (Å²) in [6.07, 6.45) is 0. The van der Waals surface area contributed by atoms with Crippen molar-refractivity contribution in [3.8, 4) is 0 Å². The molecular formula is CH4FNO3P-. The predicted octanol–water partition coefficient (Wildman–Crippen LogP) is -0.870. The van der Waals surface area contributed by atoms with Gasteiger partial charge < -0.3 is 0 Å². The number of hydrogen-bond donors (Lipinski definition) is 2. The van der Waals surface area contributed by atoms with E-state index in [4.69, 9.17) is 9.79 Å². The van der Waals surface area contributed by atoms with Gasteiger partial charge in [0.05, 0.1) is 0 Å². The van der Waals surface area contributed by atoms with E-state index in [1.807, 2.05) is 4.76 Å². The number of rotatable bonds is 1. The van der Waals surface area contributed by atoms with E-state index < -0.39 is 7.75 Å². The van der Waals surface area contributed by atoms with Crippen LogP contribution in [0.4, 0.5) is 4.20 Å². The monoisotopic (exact) mass is 128 g/mol. The Morgan fingerprint density at radius 1 is 1.71 bits per heavy atom.